The quantitative estimate of drug-likeness (QED) is 0.523. The van der Waals surface area contributed by atoms with Crippen molar-refractivity contribution in [3.05, 3.63) is 0 Å². The van der Waals surface area contributed by atoms with E-state index >= 15 is 0 Å². The van der Waals surface area contributed by atoms with Crippen molar-refractivity contribution in [2.24, 2.45) is 5.92 Å². The van der Waals surface area contributed by atoms with E-state index in [-0.39, 0.29) is 0 Å². The second-order valence-electron chi connectivity index (χ2n) is 1.67. The maximum Gasteiger partial charge on any atom is 0.0445 e. The lowest BCUT2D eigenvalue weighted by Crippen LogP contribution is -1.85. The Morgan fingerprint density at radius 1 is 1.67 bits per heavy atom. The molecule has 2 heteroatoms. The number of halogens is 1. The molecule has 0 aliphatic carbocycles. The second kappa shape index (κ2) is 3.47. The van der Waals surface area contributed by atoms with Crippen molar-refractivity contribution in [2.75, 3.05) is 5.75 Å². The van der Waals surface area contributed by atoms with Crippen LogP contribution in [0.2, 0.25) is 0 Å². The van der Waals surface area contributed by atoms with Crippen LogP contribution in [-0.2, 0) is 0 Å². The fourth-order valence-electron chi connectivity index (χ4n) is 0.126. The van der Waals surface area contributed by atoms with Gasteiger partial charge in [0, 0.05) is 17.9 Å². The maximum absolute atomic E-state index is 11.2. The number of rotatable bonds is 2. The molecule has 0 aliphatic heterocycles. The Bertz CT molecular complexity index is 28.7. The second-order valence-corrected chi connectivity index (χ2v) is 2.22. The van der Waals surface area contributed by atoms with Crippen LogP contribution in [-0.4, -0.2) is 5.75 Å². The molecule has 0 bridgehead atoms. The average Bonchev–Trinajstić information content (AvgIpc) is 1.35. The summed E-state index contributed by atoms with van der Waals surface area (Å²) in [5.41, 5.74) is 0. The fourth-order valence-corrected chi connectivity index (χ4v) is 0.378. The van der Waals surface area contributed by atoms with Gasteiger partial charge in [-0.2, -0.15) is 3.89 Å². The molecule has 38 valence electrons. The van der Waals surface area contributed by atoms with Crippen LogP contribution in [0.15, 0.2) is 0 Å². The molecule has 0 amide bonds. The Labute approximate surface area is 42.4 Å². The van der Waals surface area contributed by atoms with Crippen molar-refractivity contribution in [2.45, 2.75) is 13.8 Å². The van der Waals surface area contributed by atoms with Gasteiger partial charge in [0.05, 0.1) is 0 Å². The van der Waals surface area contributed by atoms with Gasteiger partial charge in [-0.05, 0) is 5.92 Å². The first-order valence-corrected chi connectivity index (χ1v) is 2.89. The van der Waals surface area contributed by atoms with Gasteiger partial charge in [-0.1, -0.05) is 13.8 Å². The topological polar surface area (TPSA) is 0 Å². The zero-order valence-corrected chi connectivity index (χ0v) is 4.89. The Morgan fingerprint density at radius 2 is 2.17 bits per heavy atom. The molecule has 0 aromatic rings. The molecule has 0 saturated heterocycles. The summed E-state index contributed by atoms with van der Waals surface area (Å²) in [6, 6.07) is 0. The van der Waals surface area contributed by atoms with E-state index in [0.717, 1.165) is 0 Å². The van der Waals surface area contributed by atoms with Crippen LogP contribution >= 0.6 is 12.1 Å². The molecule has 0 nitrogen and oxygen atoms in total. The molecule has 0 N–H and O–H groups in total. The largest absolute Gasteiger partial charge is 0.165 e. The summed E-state index contributed by atoms with van der Waals surface area (Å²) in [7, 11) is 0. The minimum absolute atomic E-state index is 0.410. The minimum Gasteiger partial charge on any atom is -0.165 e. The number of hydrogen-bond donors (Lipinski definition) is 0. The highest BCUT2D eigenvalue weighted by molar-refractivity contribution is 7.94. The third-order valence-corrected chi connectivity index (χ3v) is 1.19. The van der Waals surface area contributed by atoms with Crippen molar-refractivity contribution in [3.8, 4) is 0 Å². The summed E-state index contributed by atoms with van der Waals surface area (Å²) in [5.74, 6) is 1.11. The monoisotopic (exact) mass is 108 g/mol. The minimum atomic E-state index is 0.410. The zero-order chi connectivity index (χ0) is 4.99. The first-order valence-electron chi connectivity index (χ1n) is 2.01. The van der Waals surface area contributed by atoms with Crippen LogP contribution in [0.3, 0.4) is 0 Å². The molecular formula is C4H9FS. The molecule has 0 aromatic carbocycles. The van der Waals surface area contributed by atoms with Crippen molar-refractivity contribution in [1.82, 2.24) is 0 Å². The van der Waals surface area contributed by atoms with Gasteiger partial charge >= 0.3 is 0 Å². The van der Waals surface area contributed by atoms with Gasteiger partial charge in [0.15, 0.2) is 0 Å². The van der Waals surface area contributed by atoms with Gasteiger partial charge in [0.25, 0.3) is 0 Å². The summed E-state index contributed by atoms with van der Waals surface area (Å²) in [6.07, 6.45) is 0. The summed E-state index contributed by atoms with van der Waals surface area (Å²) in [6.45, 7) is 3.99. The standard InChI is InChI=1S/C4H9FS/c1-4(2)3-6-5/h4H,3H2,1-2H3. The predicted octanol–water partition coefficient (Wildman–Crippen LogP) is 2.26. The summed E-state index contributed by atoms with van der Waals surface area (Å²) < 4.78 is 11.2. The van der Waals surface area contributed by atoms with E-state index in [9.17, 15) is 3.89 Å². The van der Waals surface area contributed by atoms with E-state index in [2.05, 4.69) is 0 Å². The molecule has 0 saturated carbocycles. The average molecular weight is 108 g/mol. The molecule has 0 atom stereocenters. The van der Waals surface area contributed by atoms with Crippen LogP contribution < -0.4 is 0 Å². The van der Waals surface area contributed by atoms with Crippen molar-refractivity contribution in [3.63, 3.8) is 0 Å². The molecular weight excluding hydrogens is 99.1 g/mol. The first kappa shape index (κ1) is 6.28. The summed E-state index contributed by atoms with van der Waals surface area (Å²) >= 11 is 0.410. The SMILES string of the molecule is CC(C)CSF. The van der Waals surface area contributed by atoms with Crippen LogP contribution in [0, 0.1) is 5.92 Å². The van der Waals surface area contributed by atoms with E-state index < -0.39 is 0 Å². The van der Waals surface area contributed by atoms with E-state index in [1.54, 1.807) is 0 Å². The van der Waals surface area contributed by atoms with Gasteiger partial charge in [-0.15, -0.1) is 0 Å². The van der Waals surface area contributed by atoms with Crippen LogP contribution in [0.1, 0.15) is 13.8 Å². The third kappa shape index (κ3) is 4.28. The molecule has 0 spiro atoms. The lowest BCUT2D eigenvalue weighted by Gasteiger charge is -1.92. The molecule has 6 heavy (non-hydrogen) atoms. The Morgan fingerprint density at radius 3 is 2.17 bits per heavy atom. The molecule has 0 fully saturated rings. The van der Waals surface area contributed by atoms with Gasteiger partial charge in [-0.25, -0.2) is 0 Å². The lowest BCUT2D eigenvalue weighted by atomic mass is 10.3. The van der Waals surface area contributed by atoms with Crippen LogP contribution in [0.5, 0.6) is 0 Å². The first-order chi connectivity index (χ1) is 2.77. The molecule has 0 heterocycles. The van der Waals surface area contributed by atoms with E-state index in [1.165, 1.54) is 0 Å². The van der Waals surface area contributed by atoms with E-state index in [4.69, 9.17) is 0 Å². The van der Waals surface area contributed by atoms with Crippen molar-refractivity contribution < 1.29 is 3.89 Å². The zero-order valence-electron chi connectivity index (χ0n) is 4.07. The van der Waals surface area contributed by atoms with Crippen LogP contribution in [0.4, 0.5) is 3.89 Å². The Kier molecular flexibility index (Phi) is 3.63. The normalized spacial score (nSPS) is 10.0. The van der Waals surface area contributed by atoms with Crippen LogP contribution in [0.25, 0.3) is 0 Å². The van der Waals surface area contributed by atoms with Gasteiger partial charge in [0.2, 0.25) is 0 Å². The molecule has 0 radical (unpaired) electrons. The molecule has 0 aliphatic rings. The summed E-state index contributed by atoms with van der Waals surface area (Å²) in [5, 5.41) is 0. The molecule has 0 unspecified atom stereocenters. The molecule has 0 rings (SSSR count). The maximum atomic E-state index is 11.2. The highest BCUT2D eigenvalue weighted by Gasteiger charge is 1.89. The summed E-state index contributed by atoms with van der Waals surface area (Å²) in [4.78, 5) is 0. The highest BCUT2D eigenvalue weighted by Crippen LogP contribution is 2.06. The smallest absolute Gasteiger partial charge is 0.0445 e. The van der Waals surface area contributed by atoms with E-state index in [0.29, 0.717) is 23.8 Å². The highest BCUT2D eigenvalue weighted by atomic mass is 32.2. The third-order valence-electron chi connectivity index (χ3n) is 0.396. The van der Waals surface area contributed by atoms with Crippen molar-refractivity contribution in [1.29, 1.82) is 0 Å². The number of hydrogen-bond acceptors (Lipinski definition) is 1. The molecule has 0 aromatic heterocycles. The van der Waals surface area contributed by atoms with Gasteiger partial charge in [-0.3, -0.25) is 0 Å². The Balaban J connectivity index is 2.63. The van der Waals surface area contributed by atoms with Gasteiger partial charge in [0.1, 0.15) is 0 Å². The fraction of sp³-hybridized carbons (Fsp3) is 1.00. The Hall–Kier alpha value is 0.280. The lowest BCUT2D eigenvalue weighted by molar-refractivity contribution is 0.738. The van der Waals surface area contributed by atoms with Gasteiger partial charge < -0.3 is 0 Å². The predicted molar refractivity (Wildman–Crippen MR) is 28.4 cm³/mol. The van der Waals surface area contributed by atoms with Crippen molar-refractivity contribution >= 4 is 12.1 Å². The van der Waals surface area contributed by atoms with E-state index in [1.807, 2.05) is 13.8 Å².